The molecular formula is C41H59NO6Si. The summed E-state index contributed by atoms with van der Waals surface area (Å²) in [6.07, 6.45) is 14.5. The van der Waals surface area contributed by atoms with E-state index >= 15 is 0 Å². The van der Waals surface area contributed by atoms with E-state index in [1.165, 1.54) is 37.0 Å². The molecule has 268 valence electrons. The van der Waals surface area contributed by atoms with Crippen LogP contribution in [0.1, 0.15) is 119 Å². The van der Waals surface area contributed by atoms with Crippen molar-refractivity contribution in [1.82, 2.24) is 4.90 Å². The van der Waals surface area contributed by atoms with Crippen molar-refractivity contribution in [2.75, 3.05) is 26.4 Å². The second-order valence-electron chi connectivity index (χ2n) is 18.0. The van der Waals surface area contributed by atoms with Crippen LogP contribution in [0.25, 0.3) is 0 Å². The molecule has 2 heterocycles. The summed E-state index contributed by atoms with van der Waals surface area (Å²) >= 11 is 0. The van der Waals surface area contributed by atoms with E-state index < -0.39 is 13.9 Å². The monoisotopic (exact) mass is 689 g/mol. The standard InChI is InChI=1S/C41H59NO6Si/c1-38(2,3)49(6,7)48-25-24-46-30-14-18-39(4)28(26-30)12-13-33-34(39)15-19-40(5)35(33)16-20-41(40,29-17-22-45-27-29)47-23-21-42-36(43)31-10-8-9-11-32(31)37(42)44/h8-11,17,22,27-28,30,33-35H,12-16,18-21,23-26H2,1-7H3/t28?,30?,33-,34-,35+,39+,40+,41?/m1/s1. The number of benzene rings is 1. The Morgan fingerprint density at radius 3 is 2.27 bits per heavy atom. The lowest BCUT2D eigenvalue weighted by molar-refractivity contribution is -0.184. The van der Waals surface area contributed by atoms with Crippen LogP contribution >= 0.6 is 0 Å². The highest BCUT2D eigenvalue weighted by Crippen LogP contribution is 2.71. The number of amides is 2. The maximum atomic E-state index is 13.1. The van der Waals surface area contributed by atoms with Gasteiger partial charge in [-0.15, -0.1) is 0 Å². The van der Waals surface area contributed by atoms with Gasteiger partial charge < -0.3 is 18.3 Å². The summed E-state index contributed by atoms with van der Waals surface area (Å²) in [6, 6.07) is 9.19. The first-order valence-corrected chi connectivity index (χ1v) is 22.0. The van der Waals surface area contributed by atoms with E-state index in [4.69, 9.17) is 18.3 Å². The fourth-order valence-corrected chi connectivity index (χ4v) is 12.2. The van der Waals surface area contributed by atoms with Gasteiger partial charge in [-0.3, -0.25) is 14.5 Å². The molecule has 1 aromatic carbocycles. The van der Waals surface area contributed by atoms with Crippen LogP contribution in [-0.4, -0.2) is 57.5 Å². The average molecular weight is 690 g/mol. The zero-order valence-electron chi connectivity index (χ0n) is 31.0. The lowest BCUT2D eigenvalue weighted by atomic mass is 9.44. The Balaban J connectivity index is 1.01. The van der Waals surface area contributed by atoms with Crippen LogP contribution in [0.4, 0.5) is 0 Å². The van der Waals surface area contributed by atoms with Gasteiger partial charge in [-0.2, -0.15) is 0 Å². The number of imide groups is 1. The molecule has 1 aromatic heterocycles. The molecule has 0 spiro atoms. The Bertz CT molecular complexity index is 1500. The second kappa shape index (κ2) is 12.7. The molecule has 8 atom stereocenters. The molecule has 0 bridgehead atoms. The third-order valence-corrected chi connectivity index (χ3v) is 19.5. The zero-order valence-corrected chi connectivity index (χ0v) is 32.0. The van der Waals surface area contributed by atoms with Gasteiger partial charge in [-0.05, 0) is 123 Å². The first-order chi connectivity index (χ1) is 23.2. The van der Waals surface area contributed by atoms with Crippen molar-refractivity contribution in [2.24, 2.45) is 34.5 Å². The lowest BCUT2D eigenvalue weighted by Crippen LogP contribution is -2.56. The van der Waals surface area contributed by atoms with Crippen LogP contribution in [0.2, 0.25) is 18.1 Å². The Kier molecular flexibility index (Phi) is 9.15. The number of nitrogens with zero attached hydrogens (tertiary/aromatic N) is 1. The molecule has 0 N–H and O–H groups in total. The molecule has 0 saturated heterocycles. The predicted molar refractivity (Wildman–Crippen MR) is 193 cm³/mol. The van der Waals surface area contributed by atoms with Gasteiger partial charge in [0.1, 0.15) is 5.60 Å². The van der Waals surface area contributed by atoms with Crippen molar-refractivity contribution < 1.29 is 27.9 Å². The van der Waals surface area contributed by atoms with Crippen molar-refractivity contribution in [3.05, 3.63) is 59.5 Å². The van der Waals surface area contributed by atoms with Gasteiger partial charge in [0.05, 0.1) is 56.1 Å². The highest BCUT2D eigenvalue weighted by molar-refractivity contribution is 6.74. The molecule has 49 heavy (non-hydrogen) atoms. The van der Waals surface area contributed by atoms with Gasteiger partial charge >= 0.3 is 0 Å². The Hall–Kier alpha value is -2.26. The van der Waals surface area contributed by atoms with Crippen molar-refractivity contribution in [2.45, 2.75) is 122 Å². The number of fused-ring (bicyclic) bond motifs is 6. The molecule has 7 rings (SSSR count). The highest BCUT2D eigenvalue weighted by Gasteiger charge is 2.66. The van der Waals surface area contributed by atoms with Gasteiger partial charge in [-0.1, -0.05) is 46.8 Å². The second-order valence-corrected chi connectivity index (χ2v) is 22.8. The fourth-order valence-electron chi connectivity index (χ4n) is 11.1. The van der Waals surface area contributed by atoms with Crippen molar-refractivity contribution >= 4 is 20.1 Å². The summed E-state index contributed by atoms with van der Waals surface area (Å²) < 4.78 is 25.7. The van der Waals surface area contributed by atoms with E-state index in [0.717, 1.165) is 37.2 Å². The number of hydrogen-bond acceptors (Lipinski definition) is 6. The normalized spacial score (nSPS) is 36.0. The zero-order chi connectivity index (χ0) is 34.8. The molecule has 5 aliphatic rings. The van der Waals surface area contributed by atoms with Crippen LogP contribution in [0.15, 0.2) is 47.3 Å². The number of furan rings is 1. The van der Waals surface area contributed by atoms with E-state index in [-0.39, 0.29) is 28.8 Å². The fraction of sp³-hybridized carbons (Fsp3) is 0.707. The van der Waals surface area contributed by atoms with Crippen molar-refractivity contribution in [3.63, 3.8) is 0 Å². The molecule has 2 aromatic rings. The minimum absolute atomic E-state index is 0.0479. The third-order valence-electron chi connectivity index (χ3n) is 15.0. The minimum Gasteiger partial charge on any atom is -0.472 e. The van der Waals surface area contributed by atoms with Crippen LogP contribution in [-0.2, 0) is 19.5 Å². The smallest absolute Gasteiger partial charge is 0.261 e. The SMILES string of the molecule is CC(C)(C)[Si](C)(C)OCCOC1CC[C@@]2(C)C(CC[C@@H]3[C@H]2CC[C@@]2(C)[C@H]3CCC2(OCCN2C(=O)c3ccccc3C2=O)c2ccoc2)C1. The molecule has 1 aliphatic heterocycles. The predicted octanol–water partition coefficient (Wildman–Crippen LogP) is 9.24. The molecular weight excluding hydrogens is 631 g/mol. The van der Waals surface area contributed by atoms with E-state index in [9.17, 15) is 9.59 Å². The summed E-state index contributed by atoms with van der Waals surface area (Å²) in [5.74, 6) is 2.26. The maximum absolute atomic E-state index is 13.1. The minimum atomic E-state index is -1.75. The molecule has 0 radical (unpaired) electrons. The molecule has 4 fully saturated rings. The first-order valence-electron chi connectivity index (χ1n) is 19.1. The Morgan fingerprint density at radius 1 is 0.878 bits per heavy atom. The maximum Gasteiger partial charge on any atom is 0.261 e. The van der Waals surface area contributed by atoms with Crippen LogP contribution in [0.3, 0.4) is 0 Å². The topological polar surface area (TPSA) is 78.2 Å². The summed E-state index contributed by atoms with van der Waals surface area (Å²) in [7, 11) is -1.75. The summed E-state index contributed by atoms with van der Waals surface area (Å²) in [4.78, 5) is 27.6. The first kappa shape index (κ1) is 35.2. The average Bonchev–Trinajstić information content (AvgIpc) is 3.76. The molecule has 4 saturated carbocycles. The molecule has 2 amide bonds. The van der Waals surface area contributed by atoms with Crippen LogP contribution in [0.5, 0.6) is 0 Å². The Morgan fingerprint density at radius 2 is 1.59 bits per heavy atom. The highest BCUT2D eigenvalue weighted by atomic mass is 28.4. The van der Waals surface area contributed by atoms with Gasteiger partial charge in [0, 0.05) is 11.0 Å². The number of carbonyl (C=O) groups excluding carboxylic acids is 2. The van der Waals surface area contributed by atoms with Crippen LogP contribution in [0, 0.1) is 34.5 Å². The number of hydrogen-bond donors (Lipinski definition) is 0. The van der Waals surface area contributed by atoms with Gasteiger partial charge in [0.15, 0.2) is 8.32 Å². The van der Waals surface area contributed by atoms with Gasteiger partial charge in [0.25, 0.3) is 11.8 Å². The van der Waals surface area contributed by atoms with Crippen molar-refractivity contribution in [3.8, 4) is 0 Å². The van der Waals surface area contributed by atoms with E-state index in [1.807, 2.05) is 18.4 Å². The molecule has 7 nitrogen and oxygen atoms in total. The van der Waals surface area contributed by atoms with E-state index in [1.54, 1.807) is 18.4 Å². The molecule has 8 heteroatoms. The van der Waals surface area contributed by atoms with Crippen LogP contribution < -0.4 is 0 Å². The number of ether oxygens (including phenoxy) is 2. The molecule has 3 unspecified atom stereocenters. The van der Waals surface area contributed by atoms with Gasteiger partial charge in [0.2, 0.25) is 0 Å². The van der Waals surface area contributed by atoms with E-state index in [2.05, 4.69) is 53.8 Å². The van der Waals surface area contributed by atoms with Gasteiger partial charge in [-0.25, -0.2) is 0 Å². The number of carbonyl (C=O) groups is 2. The van der Waals surface area contributed by atoms with E-state index in [0.29, 0.717) is 60.2 Å². The number of rotatable bonds is 10. The third kappa shape index (κ3) is 5.71. The summed E-state index contributed by atoms with van der Waals surface area (Å²) in [5.41, 5.74) is 1.90. The largest absolute Gasteiger partial charge is 0.472 e. The summed E-state index contributed by atoms with van der Waals surface area (Å²) in [5, 5.41) is 0.222. The van der Waals surface area contributed by atoms with Crippen molar-refractivity contribution in [1.29, 1.82) is 0 Å². The summed E-state index contributed by atoms with van der Waals surface area (Å²) in [6.45, 7) is 18.6. The quantitative estimate of drug-likeness (QED) is 0.141. The lowest BCUT2D eigenvalue weighted by Gasteiger charge is -2.62. The molecule has 4 aliphatic carbocycles. The Labute approximate surface area is 294 Å².